The summed E-state index contributed by atoms with van der Waals surface area (Å²) >= 11 is 0. The molecule has 1 atom stereocenters. The van der Waals surface area contributed by atoms with Crippen molar-refractivity contribution in [3.05, 3.63) is 82.6 Å². The first-order valence-corrected chi connectivity index (χ1v) is 9.60. The van der Waals surface area contributed by atoms with Gasteiger partial charge in [0.1, 0.15) is 5.75 Å². The lowest BCUT2D eigenvalue weighted by Gasteiger charge is -2.26. The maximum Gasteiger partial charge on any atom is 0.340 e. The lowest BCUT2D eigenvalue weighted by atomic mass is 10.0. The van der Waals surface area contributed by atoms with Crippen LogP contribution in [0.3, 0.4) is 0 Å². The molecule has 0 aliphatic carbocycles. The molecule has 3 rings (SSSR count). The Bertz CT molecular complexity index is 958. The zero-order valence-corrected chi connectivity index (χ0v) is 17.1. The van der Waals surface area contributed by atoms with Gasteiger partial charge in [-0.05, 0) is 50.1 Å². The Morgan fingerprint density at radius 2 is 1.76 bits per heavy atom. The van der Waals surface area contributed by atoms with Crippen LogP contribution in [-0.2, 0) is 14.3 Å². The molecule has 1 heterocycles. The van der Waals surface area contributed by atoms with Crippen molar-refractivity contribution in [2.45, 2.75) is 26.8 Å². The molecule has 150 valence electrons. The van der Waals surface area contributed by atoms with Gasteiger partial charge in [0.15, 0.2) is 0 Å². The SMILES string of the molecule is CCOc1ccc(/C=C2\C(=O)N([C@H](C)c3ccccc3)C(C)=C2C(=O)OC)cc1. The molecule has 1 aliphatic rings. The molecular formula is C24H25NO4. The Hall–Kier alpha value is -3.34. The summed E-state index contributed by atoms with van der Waals surface area (Å²) in [6.45, 7) is 6.24. The van der Waals surface area contributed by atoms with E-state index in [1.165, 1.54) is 7.11 Å². The molecule has 1 aliphatic heterocycles. The molecule has 0 unspecified atom stereocenters. The van der Waals surface area contributed by atoms with Crippen molar-refractivity contribution >= 4 is 18.0 Å². The van der Waals surface area contributed by atoms with Crippen molar-refractivity contribution in [3.8, 4) is 5.75 Å². The molecule has 5 heteroatoms. The van der Waals surface area contributed by atoms with Crippen molar-refractivity contribution in [3.63, 3.8) is 0 Å². The minimum atomic E-state index is -0.518. The van der Waals surface area contributed by atoms with E-state index in [0.29, 0.717) is 23.5 Å². The highest BCUT2D eigenvalue weighted by Crippen LogP contribution is 2.37. The van der Waals surface area contributed by atoms with Gasteiger partial charge in [-0.3, -0.25) is 4.79 Å². The quantitative estimate of drug-likeness (QED) is 0.537. The van der Waals surface area contributed by atoms with E-state index in [4.69, 9.17) is 9.47 Å². The first kappa shape index (κ1) is 20.4. The second kappa shape index (κ2) is 8.78. The topological polar surface area (TPSA) is 55.8 Å². The van der Waals surface area contributed by atoms with Gasteiger partial charge in [0.25, 0.3) is 5.91 Å². The fraction of sp³-hybridized carbons (Fsp3) is 0.250. The van der Waals surface area contributed by atoms with Gasteiger partial charge in [-0.2, -0.15) is 0 Å². The van der Waals surface area contributed by atoms with Crippen LogP contribution in [0, 0.1) is 0 Å². The molecule has 0 spiro atoms. The van der Waals surface area contributed by atoms with Gasteiger partial charge in [-0.15, -0.1) is 0 Å². The molecule has 0 aromatic heterocycles. The molecule has 0 saturated carbocycles. The number of nitrogens with zero attached hydrogens (tertiary/aromatic N) is 1. The minimum absolute atomic E-state index is 0.213. The lowest BCUT2D eigenvalue weighted by Crippen LogP contribution is -2.28. The molecule has 0 N–H and O–H groups in total. The van der Waals surface area contributed by atoms with E-state index in [9.17, 15) is 9.59 Å². The zero-order chi connectivity index (χ0) is 21.0. The molecule has 0 saturated heterocycles. The lowest BCUT2D eigenvalue weighted by molar-refractivity contribution is -0.136. The summed E-state index contributed by atoms with van der Waals surface area (Å²) in [5.41, 5.74) is 3.03. The summed E-state index contributed by atoms with van der Waals surface area (Å²) in [4.78, 5) is 27.5. The predicted molar refractivity (Wildman–Crippen MR) is 112 cm³/mol. The molecule has 5 nitrogen and oxygen atoms in total. The predicted octanol–water partition coefficient (Wildman–Crippen LogP) is 4.52. The summed E-state index contributed by atoms with van der Waals surface area (Å²) in [6, 6.07) is 16.9. The number of carbonyl (C=O) groups is 2. The standard InChI is InChI=1S/C24H25NO4/c1-5-29-20-13-11-18(12-14-20)15-21-22(24(27)28-4)17(3)25(23(21)26)16(2)19-9-7-6-8-10-19/h6-16H,5H2,1-4H3/b21-15-/t16-/m1/s1. The van der Waals surface area contributed by atoms with Crippen LogP contribution >= 0.6 is 0 Å². The van der Waals surface area contributed by atoms with E-state index in [1.807, 2.05) is 68.4 Å². The number of ether oxygens (including phenoxy) is 2. The molecule has 0 radical (unpaired) electrons. The molecule has 0 fully saturated rings. The summed E-state index contributed by atoms with van der Waals surface area (Å²) in [5.74, 6) is 0.0237. The zero-order valence-electron chi connectivity index (χ0n) is 17.1. The highest BCUT2D eigenvalue weighted by atomic mass is 16.5. The third-order valence-corrected chi connectivity index (χ3v) is 5.00. The van der Waals surface area contributed by atoms with Gasteiger partial charge in [0, 0.05) is 5.70 Å². The van der Waals surface area contributed by atoms with Crippen LogP contribution in [0.15, 0.2) is 71.4 Å². The van der Waals surface area contributed by atoms with Gasteiger partial charge in [0.05, 0.1) is 30.9 Å². The summed E-state index contributed by atoms with van der Waals surface area (Å²) in [5, 5.41) is 0. The van der Waals surface area contributed by atoms with Crippen LogP contribution in [-0.4, -0.2) is 30.5 Å². The van der Waals surface area contributed by atoms with Crippen molar-refractivity contribution in [1.29, 1.82) is 0 Å². The number of methoxy groups -OCH3 is 1. The second-order valence-electron chi connectivity index (χ2n) is 6.77. The summed E-state index contributed by atoms with van der Waals surface area (Å²) in [6.07, 6.45) is 1.73. The smallest absolute Gasteiger partial charge is 0.340 e. The summed E-state index contributed by atoms with van der Waals surface area (Å²) in [7, 11) is 1.32. The molecule has 0 bridgehead atoms. The van der Waals surface area contributed by atoms with Crippen molar-refractivity contribution in [1.82, 2.24) is 4.90 Å². The van der Waals surface area contributed by atoms with E-state index in [2.05, 4.69) is 0 Å². The van der Waals surface area contributed by atoms with Crippen LogP contribution in [0.2, 0.25) is 0 Å². The maximum atomic E-state index is 13.3. The van der Waals surface area contributed by atoms with Crippen LogP contribution in [0.5, 0.6) is 5.75 Å². The largest absolute Gasteiger partial charge is 0.494 e. The molecular weight excluding hydrogens is 366 g/mol. The number of hydrogen-bond acceptors (Lipinski definition) is 4. The number of rotatable bonds is 6. The Labute approximate surface area is 171 Å². The highest BCUT2D eigenvalue weighted by Gasteiger charge is 2.39. The van der Waals surface area contributed by atoms with Crippen LogP contribution in [0.4, 0.5) is 0 Å². The molecule has 2 aromatic rings. The van der Waals surface area contributed by atoms with E-state index < -0.39 is 5.97 Å². The summed E-state index contributed by atoms with van der Waals surface area (Å²) < 4.78 is 10.4. The monoisotopic (exact) mass is 391 g/mol. The van der Waals surface area contributed by atoms with E-state index >= 15 is 0 Å². The number of esters is 1. The Morgan fingerprint density at radius 3 is 2.34 bits per heavy atom. The van der Waals surface area contributed by atoms with E-state index in [1.54, 1.807) is 17.9 Å². The fourth-order valence-electron chi connectivity index (χ4n) is 3.54. The van der Waals surface area contributed by atoms with Gasteiger partial charge in [-0.1, -0.05) is 42.5 Å². The van der Waals surface area contributed by atoms with E-state index in [0.717, 1.165) is 16.9 Å². The normalized spacial score (nSPS) is 16.3. The number of benzene rings is 2. The van der Waals surface area contributed by atoms with Crippen LogP contribution in [0.1, 0.15) is 37.9 Å². The average Bonchev–Trinajstić information content (AvgIpc) is 2.98. The second-order valence-corrected chi connectivity index (χ2v) is 6.77. The first-order valence-electron chi connectivity index (χ1n) is 9.60. The Morgan fingerprint density at radius 1 is 1.10 bits per heavy atom. The van der Waals surface area contributed by atoms with Crippen LogP contribution in [0.25, 0.3) is 6.08 Å². The first-order chi connectivity index (χ1) is 14.0. The highest BCUT2D eigenvalue weighted by molar-refractivity contribution is 6.16. The minimum Gasteiger partial charge on any atom is -0.494 e. The number of allylic oxidation sites excluding steroid dienone is 1. The molecule has 29 heavy (non-hydrogen) atoms. The number of amides is 1. The average molecular weight is 391 g/mol. The maximum absolute atomic E-state index is 13.3. The van der Waals surface area contributed by atoms with E-state index in [-0.39, 0.29) is 11.9 Å². The van der Waals surface area contributed by atoms with Gasteiger partial charge in [-0.25, -0.2) is 4.79 Å². The van der Waals surface area contributed by atoms with Gasteiger partial charge < -0.3 is 14.4 Å². The van der Waals surface area contributed by atoms with Gasteiger partial charge >= 0.3 is 5.97 Å². The van der Waals surface area contributed by atoms with Crippen molar-refractivity contribution < 1.29 is 19.1 Å². The van der Waals surface area contributed by atoms with Crippen molar-refractivity contribution in [2.75, 3.05) is 13.7 Å². The van der Waals surface area contributed by atoms with Crippen molar-refractivity contribution in [2.24, 2.45) is 0 Å². The Kier molecular flexibility index (Phi) is 6.17. The third kappa shape index (κ3) is 4.09. The third-order valence-electron chi connectivity index (χ3n) is 5.00. The number of carbonyl (C=O) groups excluding carboxylic acids is 2. The Balaban J connectivity index is 2.02. The fourth-order valence-corrected chi connectivity index (χ4v) is 3.54. The molecule has 1 amide bonds. The van der Waals surface area contributed by atoms with Crippen LogP contribution < -0.4 is 4.74 Å². The molecule has 2 aromatic carbocycles. The number of hydrogen-bond donors (Lipinski definition) is 0. The van der Waals surface area contributed by atoms with Gasteiger partial charge in [0.2, 0.25) is 0 Å².